The van der Waals surface area contributed by atoms with Crippen molar-refractivity contribution in [3.05, 3.63) is 85.6 Å². The van der Waals surface area contributed by atoms with Crippen LogP contribution < -0.4 is 0 Å². The van der Waals surface area contributed by atoms with Gasteiger partial charge in [-0.3, -0.25) is 0 Å². The molecule has 4 saturated carbocycles. The molecule has 0 nitrogen and oxygen atoms in total. The van der Waals surface area contributed by atoms with Crippen molar-refractivity contribution in [2.24, 2.45) is 29.6 Å². The van der Waals surface area contributed by atoms with E-state index >= 15 is 0 Å². The number of fused-ring (bicyclic) bond motifs is 2. The van der Waals surface area contributed by atoms with Crippen molar-refractivity contribution in [1.29, 1.82) is 0 Å². The average molecular weight is 847 g/mol. The van der Waals surface area contributed by atoms with Gasteiger partial charge in [0.25, 0.3) is 0 Å². The van der Waals surface area contributed by atoms with Crippen LogP contribution >= 0.6 is 17.0 Å². The maximum absolute atomic E-state index is 4.93. The number of halogens is 2. The molecule has 51 heavy (non-hydrogen) atoms. The van der Waals surface area contributed by atoms with Crippen LogP contribution in [-0.2, 0) is 31.7 Å². The van der Waals surface area contributed by atoms with Crippen molar-refractivity contribution in [1.82, 2.24) is 0 Å². The van der Waals surface area contributed by atoms with Gasteiger partial charge in [0.05, 0.1) is 0 Å². The molecule has 0 heterocycles. The van der Waals surface area contributed by atoms with Gasteiger partial charge in [-0.05, 0) is 111 Å². The third kappa shape index (κ3) is 9.84. The van der Waals surface area contributed by atoms with Crippen LogP contribution in [0.4, 0.5) is 0 Å². The summed E-state index contributed by atoms with van der Waals surface area (Å²) in [6.45, 7) is 28.8. The Labute approximate surface area is 338 Å². The van der Waals surface area contributed by atoms with E-state index in [9.17, 15) is 0 Å². The van der Waals surface area contributed by atoms with Crippen LogP contribution in [0.25, 0.3) is 0 Å². The first-order chi connectivity index (χ1) is 22.9. The van der Waals surface area contributed by atoms with E-state index in [0.29, 0.717) is 5.92 Å². The van der Waals surface area contributed by atoms with Crippen LogP contribution in [0.15, 0.2) is 48.5 Å². The molecule has 9 unspecified atom stereocenters. The molecule has 286 valence electrons. The molecule has 0 radical (unpaired) electrons. The summed E-state index contributed by atoms with van der Waals surface area (Å²) in [5, 5.41) is 0. The van der Waals surface area contributed by atoms with Gasteiger partial charge in [0.15, 0.2) is 0 Å². The predicted octanol–water partition coefficient (Wildman–Crippen LogP) is 15.7. The summed E-state index contributed by atoms with van der Waals surface area (Å²) in [6.07, 6.45) is 15.1. The molecule has 0 aliphatic heterocycles. The van der Waals surface area contributed by atoms with Crippen molar-refractivity contribution in [2.75, 3.05) is 0 Å². The number of benzene rings is 2. The molecule has 4 aliphatic rings. The Morgan fingerprint density at radius 1 is 0.706 bits per heavy atom. The molecule has 5 heteroatoms. The Balaban J connectivity index is 0.00000136. The van der Waals surface area contributed by atoms with Crippen LogP contribution in [0.2, 0.25) is 37.3 Å². The second kappa shape index (κ2) is 18.1. The molecule has 4 fully saturated rings. The fourth-order valence-electron chi connectivity index (χ4n) is 11.8. The van der Waals surface area contributed by atoms with Gasteiger partial charge < -0.3 is 14.9 Å². The van der Waals surface area contributed by atoms with Crippen LogP contribution in [0.3, 0.4) is 0 Å². The molecule has 0 amide bonds. The molecule has 0 spiro atoms. The summed E-state index contributed by atoms with van der Waals surface area (Å²) in [7, 11) is 7.07. The standard InChI is InChI=1S/C44H70Si2.2CH3.2ClH.Zr/c1-30(32-16-13-12-14-17-32)24-31-20-21-37(25-31)45(8,9)46(10,11)41-23-22-39-40(41)28-33-18-15-19-38(33)42(39)34-26-35(43(2,3)4)29-36(27-34)44(5,6)7;;;;;/h12-14,16-17,26-27,29-31,33,37-42H,15,18-25,28H2,1-11H3;2*1H3;2*1H;/q;2*-1;;;+4/p-2. The second-order valence-electron chi connectivity index (χ2n) is 20.4. The third-order valence-corrected chi connectivity index (χ3v) is 36.1. The Morgan fingerprint density at radius 2 is 1.29 bits per heavy atom. The molecular weight excluding hydrogens is 771 g/mol. The topological polar surface area (TPSA) is 0 Å². The SMILES string of the molecule is CC(CC1CCC([Si](C)(C)[Si](C)(C)C2CCC3C2CC2CCCC2C3c2cc(C(C)(C)C)cc(C(C)(C)C)c2)C1)c1ccccc1.[CH3-].[CH3-].[Cl][Zr+2][Cl]. The second-order valence-corrected chi connectivity index (χ2v) is 40.3. The van der Waals surface area contributed by atoms with E-state index in [1.54, 1.807) is 35.1 Å². The zero-order chi connectivity index (χ0) is 35.9. The fraction of sp³-hybridized carbons (Fsp3) is 0.696. The van der Waals surface area contributed by atoms with Gasteiger partial charge in [0.1, 0.15) is 0 Å². The summed E-state index contributed by atoms with van der Waals surface area (Å²) >= 11 is -0.826. The van der Waals surface area contributed by atoms with Gasteiger partial charge in [-0.2, -0.15) is 0 Å². The number of rotatable bonds is 7. The molecule has 2 aromatic rings. The van der Waals surface area contributed by atoms with Gasteiger partial charge in [-0.1, -0.05) is 162 Å². The van der Waals surface area contributed by atoms with E-state index in [0.717, 1.165) is 46.6 Å². The Kier molecular flexibility index (Phi) is 16.2. The minimum atomic E-state index is -1.42. The number of hydrogen-bond acceptors (Lipinski definition) is 0. The summed E-state index contributed by atoms with van der Waals surface area (Å²) < 4.78 is 0. The van der Waals surface area contributed by atoms with Gasteiger partial charge in [-0.15, -0.1) is 0 Å². The van der Waals surface area contributed by atoms with Crippen LogP contribution in [0, 0.1) is 44.4 Å². The summed E-state index contributed by atoms with van der Waals surface area (Å²) in [6, 6.07) is 19.3. The first kappa shape index (κ1) is 45.7. The Hall–Kier alpha value is 0.337. The van der Waals surface area contributed by atoms with E-state index < -0.39 is 36.0 Å². The zero-order valence-corrected chi connectivity index (χ0v) is 41.1. The molecule has 0 aromatic heterocycles. The van der Waals surface area contributed by atoms with Crippen molar-refractivity contribution >= 4 is 32.2 Å². The van der Waals surface area contributed by atoms with Crippen molar-refractivity contribution in [3.63, 3.8) is 0 Å². The van der Waals surface area contributed by atoms with Crippen LogP contribution in [0.5, 0.6) is 0 Å². The van der Waals surface area contributed by atoms with Crippen molar-refractivity contribution in [2.45, 2.75) is 173 Å². The zero-order valence-electron chi connectivity index (χ0n) is 35.1. The Bertz CT molecular complexity index is 1340. The van der Waals surface area contributed by atoms with Gasteiger partial charge >= 0.3 is 37.9 Å². The molecule has 0 saturated heterocycles. The first-order valence-electron chi connectivity index (χ1n) is 20.1. The number of hydrogen-bond donors (Lipinski definition) is 0. The monoisotopic (exact) mass is 844 g/mol. The molecule has 0 bridgehead atoms. The van der Waals surface area contributed by atoms with Crippen LogP contribution in [0.1, 0.15) is 147 Å². The third-order valence-electron chi connectivity index (χ3n) is 15.4. The molecule has 0 N–H and O–H groups in total. The van der Waals surface area contributed by atoms with E-state index in [1.807, 2.05) is 0 Å². The maximum atomic E-state index is 4.93. The van der Waals surface area contributed by atoms with Crippen molar-refractivity contribution < 1.29 is 20.8 Å². The molecule has 2 aromatic carbocycles. The molecule has 9 atom stereocenters. The van der Waals surface area contributed by atoms with Crippen LogP contribution in [-0.4, -0.2) is 15.2 Å². The molecule has 6 rings (SSSR count). The van der Waals surface area contributed by atoms with Gasteiger partial charge in [-0.25, -0.2) is 0 Å². The Morgan fingerprint density at radius 3 is 1.86 bits per heavy atom. The molecule has 4 aliphatic carbocycles. The van der Waals surface area contributed by atoms with Gasteiger partial charge in [0.2, 0.25) is 0 Å². The molecular formula is C46H76Cl2Si2Zr. The van der Waals surface area contributed by atoms with E-state index in [1.165, 1.54) is 51.4 Å². The first-order valence-corrected chi connectivity index (χ1v) is 33.6. The summed E-state index contributed by atoms with van der Waals surface area (Å²) in [5.74, 6) is 6.26. The average Bonchev–Trinajstić information content (AvgIpc) is 3.80. The minimum absolute atomic E-state index is 0. The normalized spacial score (nSPS) is 29.7. The van der Waals surface area contributed by atoms with E-state index in [4.69, 9.17) is 17.0 Å². The quantitative estimate of drug-likeness (QED) is 0.192. The van der Waals surface area contributed by atoms with E-state index in [2.05, 4.69) is 123 Å². The van der Waals surface area contributed by atoms with Crippen molar-refractivity contribution in [3.8, 4) is 0 Å². The van der Waals surface area contributed by atoms with Gasteiger partial charge in [0, 0.05) is 15.2 Å². The summed E-state index contributed by atoms with van der Waals surface area (Å²) in [5.41, 5.74) is 8.93. The fourth-order valence-corrected chi connectivity index (χ4v) is 25.9. The van der Waals surface area contributed by atoms with E-state index in [-0.39, 0.29) is 25.7 Å². The summed E-state index contributed by atoms with van der Waals surface area (Å²) in [4.78, 5) is 0. The predicted molar refractivity (Wildman–Crippen MR) is 232 cm³/mol.